The van der Waals surface area contributed by atoms with Crippen LogP contribution >= 0.6 is 11.3 Å². The van der Waals surface area contributed by atoms with Crippen LogP contribution < -0.4 is 15.5 Å². The van der Waals surface area contributed by atoms with Crippen LogP contribution in [0.25, 0.3) is 21.5 Å². The average molecular weight is 539 g/mol. The molecule has 0 bridgehead atoms. The second-order valence-corrected chi connectivity index (χ2v) is 10.6. The van der Waals surface area contributed by atoms with Crippen LogP contribution in [0.1, 0.15) is 28.2 Å². The summed E-state index contributed by atoms with van der Waals surface area (Å²) in [6.45, 7) is 6.52. The van der Waals surface area contributed by atoms with E-state index in [-0.39, 0.29) is 23.9 Å². The molecule has 39 heavy (non-hydrogen) atoms. The average Bonchev–Trinajstić information content (AvgIpc) is 3.32. The van der Waals surface area contributed by atoms with Crippen LogP contribution in [0, 0.1) is 6.92 Å². The van der Waals surface area contributed by atoms with E-state index in [1.165, 1.54) is 17.4 Å². The number of aromatic nitrogens is 2. The molecule has 9 nitrogen and oxygen atoms in total. The van der Waals surface area contributed by atoms with Crippen molar-refractivity contribution in [2.45, 2.75) is 25.8 Å². The molecule has 4 aromatic rings. The zero-order valence-corrected chi connectivity index (χ0v) is 22.1. The predicted octanol–water partition coefficient (Wildman–Crippen LogP) is 5.26. The van der Waals surface area contributed by atoms with Gasteiger partial charge in [0.25, 0.3) is 5.91 Å². The number of nitrogens with zero attached hydrogens (tertiary/aromatic N) is 4. The molecule has 2 N–H and O–H groups in total. The van der Waals surface area contributed by atoms with Gasteiger partial charge in [-0.2, -0.15) is 0 Å². The van der Waals surface area contributed by atoms with Crippen molar-refractivity contribution < 1.29 is 14.4 Å². The van der Waals surface area contributed by atoms with Crippen LogP contribution in [0.5, 0.6) is 0 Å². The van der Waals surface area contributed by atoms with Crippen molar-refractivity contribution in [1.82, 2.24) is 20.2 Å². The Bertz CT molecular complexity index is 1630. The van der Waals surface area contributed by atoms with Gasteiger partial charge in [0.1, 0.15) is 9.71 Å². The summed E-state index contributed by atoms with van der Waals surface area (Å²) < 4.78 is 0. The number of likely N-dealkylation sites (tertiary alicyclic amines) is 1. The van der Waals surface area contributed by atoms with Gasteiger partial charge in [-0.3, -0.25) is 19.5 Å². The normalized spacial score (nSPS) is 16.6. The molecule has 0 saturated carbocycles. The van der Waals surface area contributed by atoms with Crippen molar-refractivity contribution in [2.24, 2.45) is 0 Å². The van der Waals surface area contributed by atoms with Crippen LogP contribution in [-0.4, -0.2) is 51.8 Å². The number of carbonyl (C=O) groups excluding carboxylic acids is 3. The van der Waals surface area contributed by atoms with Crippen molar-refractivity contribution in [3.8, 4) is 11.3 Å². The highest BCUT2D eigenvalue weighted by Crippen LogP contribution is 2.46. The molecule has 2 aliphatic heterocycles. The van der Waals surface area contributed by atoms with Gasteiger partial charge in [-0.25, -0.2) is 9.78 Å². The number of carbonyl (C=O) groups is 3. The van der Waals surface area contributed by atoms with E-state index in [0.29, 0.717) is 39.9 Å². The molecule has 1 atom stereocenters. The van der Waals surface area contributed by atoms with E-state index in [1.54, 1.807) is 22.1 Å². The molecule has 1 fully saturated rings. The van der Waals surface area contributed by atoms with Crippen LogP contribution in [0.2, 0.25) is 0 Å². The topological polar surface area (TPSA) is 108 Å². The molecule has 196 valence electrons. The molecule has 4 amide bonds. The fraction of sp³-hybridized carbons (Fsp3) is 0.207. The third-order valence-corrected chi connectivity index (χ3v) is 8.06. The van der Waals surface area contributed by atoms with E-state index < -0.39 is 0 Å². The third kappa shape index (κ3) is 4.52. The molecule has 2 aliphatic rings. The van der Waals surface area contributed by atoms with Crippen molar-refractivity contribution in [2.75, 3.05) is 23.3 Å². The van der Waals surface area contributed by atoms with Gasteiger partial charge in [0, 0.05) is 36.6 Å². The minimum absolute atomic E-state index is 0.145. The molecular weight excluding hydrogens is 512 g/mol. The second kappa shape index (κ2) is 9.95. The van der Waals surface area contributed by atoms with Gasteiger partial charge in [-0.15, -0.1) is 11.3 Å². The van der Waals surface area contributed by atoms with Crippen molar-refractivity contribution in [3.05, 3.63) is 78.0 Å². The Balaban J connectivity index is 1.35. The van der Waals surface area contributed by atoms with Crippen LogP contribution in [0.3, 0.4) is 0 Å². The lowest BCUT2D eigenvalue weighted by Gasteiger charge is -2.32. The fourth-order valence-electron chi connectivity index (χ4n) is 5.21. The first-order valence-corrected chi connectivity index (χ1v) is 13.5. The van der Waals surface area contributed by atoms with E-state index >= 15 is 0 Å². The number of urea groups is 1. The van der Waals surface area contributed by atoms with E-state index in [9.17, 15) is 14.4 Å². The highest BCUT2D eigenvalue weighted by atomic mass is 32.1. The lowest BCUT2D eigenvalue weighted by atomic mass is 10.1. The van der Waals surface area contributed by atoms with Crippen LogP contribution in [0.4, 0.5) is 21.9 Å². The SMILES string of the molecule is C=CC(=O)N1CCC[C@@H](NC(=O)c2sc3nccc4c3c2NC(=O)N4c2cc(C)nc(-c3ccccc3)c2)C1. The standard InChI is InChI=1S/C29H26N6O3S/c1-3-23(36)34-13-7-10-19(16-34)32-27(37)26-25-24-22(11-12-30-28(24)39-26)35(29(38)33-25)20-14-17(2)31-21(15-20)18-8-5-4-6-9-18/h3-6,8-9,11-12,14-15,19H,1,7,10,13,16H2,2H3,(H,32,37)(H,33,38)/t19-/m1/s1. The number of hydrogen-bond donors (Lipinski definition) is 2. The van der Waals surface area contributed by atoms with Crippen molar-refractivity contribution in [1.29, 1.82) is 0 Å². The second-order valence-electron chi connectivity index (χ2n) is 9.60. The molecule has 0 aliphatic carbocycles. The number of aryl methyl sites for hydroxylation is 1. The summed E-state index contributed by atoms with van der Waals surface area (Å²) >= 11 is 1.24. The fourth-order valence-corrected chi connectivity index (χ4v) is 6.23. The maximum Gasteiger partial charge on any atom is 0.331 e. The van der Waals surface area contributed by atoms with Gasteiger partial charge in [0.05, 0.1) is 28.1 Å². The number of benzene rings is 1. The first-order valence-electron chi connectivity index (χ1n) is 12.7. The number of rotatable bonds is 5. The van der Waals surface area contributed by atoms with Gasteiger partial charge in [0.2, 0.25) is 5.91 Å². The summed E-state index contributed by atoms with van der Waals surface area (Å²) in [6.07, 6.45) is 4.50. The van der Waals surface area contributed by atoms with E-state index in [4.69, 9.17) is 0 Å². The van der Waals surface area contributed by atoms with Gasteiger partial charge >= 0.3 is 6.03 Å². The highest BCUT2D eigenvalue weighted by Gasteiger charge is 2.34. The van der Waals surface area contributed by atoms with Gasteiger partial charge in [0.15, 0.2) is 0 Å². The number of piperidine rings is 1. The number of anilines is 3. The summed E-state index contributed by atoms with van der Waals surface area (Å²) in [4.78, 5) is 52.6. The molecule has 0 spiro atoms. The Morgan fingerprint density at radius 3 is 2.82 bits per heavy atom. The third-order valence-electron chi connectivity index (χ3n) is 6.96. The summed E-state index contributed by atoms with van der Waals surface area (Å²) in [5.41, 5.74) is 4.27. The monoisotopic (exact) mass is 538 g/mol. The largest absolute Gasteiger partial charge is 0.347 e. The highest BCUT2D eigenvalue weighted by molar-refractivity contribution is 7.21. The predicted molar refractivity (Wildman–Crippen MR) is 152 cm³/mol. The molecule has 1 saturated heterocycles. The molecule has 0 radical (unpaired) electrons. The number of pyridine rings is 2. The van der Waals surface area contributed by atoms with E-state index in [0.717, 1.165) is 35.2 Å². The zero-order valence-electron chi connectivity index (χ0n) is 21.3. The molecule has 3 aromatic heterocycles. The summed E-state index contributed by atoms with van der Waals surface area (Å²) in [5.74, 6) is -0.439. The Morgan fingerprint density at radius 2 is 2.03 bits per heavy atom. The molecule has 10 heteroatoms. The first-order chi connectivity index (χ1) is 18.9. The first kappa shape index (κ1) is 24.7. The summed E-state index contributed by atoms with van der Waals surface area (Å²) in [7, 11) is 0. The van der Waals surface area contributed by atoms with E-state index in [1.807, 2.05) is 49.4 Å². The maximum atomic E-state index is 13.6. The number of amides is 4. The van der Waals surface area contributed by atoms with Crippen LogP contribution in [0.15, 0.2) is 67.4 Å². The molecule has 0 unspecified atom stereocenters. The molecule has 6 rings (SSSR count). The maximum absolute atomic E-state index is 13.6. The Labute approximate surface area is 229 Å². The lowest BCUT2D eigenvalue weighted by molar-refractivity contribution is -0.127. The van der Waals surface area contributed by atoms with Crippen molar-refractivity contribution in [3.63, 3.8) is 0 Å². The van der Waals surface area contributed by atoms with Crippen LogP contribution in [-0.2, 0) is 4.79 Å². The van der Waals surface area contributed by atoms with Crippen molar-refractivity contribution >= 4 is 56.5 Å². The number of nitrogens with one attached hydrogen (secondary N) is 2. The lowest BCUT2D eigenvalue weighted by Crippen LogP contribution is -2.49. The smallest absolute Gasteiger partial charge is 0.331 e. The summed E-state index contributed by atoms with van der Waals surface area (Å²) in [5, 5.41) is 6.73. The summed E-state index contributed by atoms with van der Waals surface area (Å²) in [6, 6.07) is 14.8. The molecule has 1 aromatic carbocycles. The van der Waals surface area contributed by atoms with Gasteiger partial charge in [-0.1, -0.05) is 36.9 Å². The van der Waals surface area contributed by atoms with Gasteiger partial charge in [-0.05, 0) is 44.0 Å². The zero-order chi connectivity index (χ0) is 27.1. The molecular formula is C29H26N6O3S. The van der Waals surface area contributed by atoms with Gasteiger partial charge < -0.3 is 15.5 Å². The van der Waals surface area contributed by atoms with E-state index in [2.05, 4.69) is 27.2 Å². The Hall–Kier alpha value is -4.57. The Morgan fingerprint density at radius 1 is 1.21 bits per heavy atom. The quantitative estimate of drug-likeness (QED) is 0.337. The number of thiophene rings is 1. The Kier molecular flexibility index (Phi) is 6.32. The minimum atomic E-state index is -0.368. The minimum Gasteiger partial charge on any atom is -0.347 e. The molecule has 5 heterocycles. The number of hydrogen-bond acceptors (Lipinski definition) is 6.